The van der Waals surface area contributed by atoms with E-state index < -0.39 is 0 Å². The SMILES string of the molecule is N#CCc1ccc(NC(=O)C[C@@H]2C[C@@H]3CC[C@@H]2C3)cc1. The molecule has 0 spiro atoms. The van der Waals surface area contributed by atoms with E-state index in [4.69, 9.17) is 5.26 Å². The van der Waals surface area contributed by atoms with Gasteiger partial charge in [-0.2, -0.15) is 5.26 Å². The highest BCUT2D eigenvalue weighted by Crippen LogP contribution is 2.49. The van der Waals surface area contributed by atoms with Crippen molar-refractivity contribution in [2.45, 2.75) is 38.5 Å². The first-order valence-electron chi connectivity index (χ1n) is 7.50. The van der Waals surface area contributed by atoms with E-state index in [0.29, 0.717) is 18.8 Å². The number of nitrogens with zero attached hydrogens (tertiary/aromatic N) is 1. The maximum atomic E-state index is 12.1. The molecule has 3 rings (SSSR count). The number of benzene rings is 1. The van der Waals surface area contributed by atoms with Crippen molar-refractivity contribution in [3.8, 4) is 6.07 Å². The van der Waals surface area contributed by atoms with Crippen LogP contribution in [0.5, 0.6) is 0 Å². The van der Waals surface area contributed by atoms with Crippen LogP contribution in [-0.4, -0.2) is 5.91 Å². The molecule has 104 valence electrons. The summed E-state index contributed by atoms with van der Waals surface area (Å²) in [6.07, 6.45) is 6.38. The van der Waals surface area contributed by atoms with Gasteiger partial charge in [-0.25, -0.2) is 0 Å². The van der Waals surface area contributed by atoms with Crippen molar-refractivity contribution in [2.75, 3.05) is 5.32 Å². The summed E-state index contributed by atoms with van der Waals surface area (Å²) in [5.74, 6) is 2.43. The van der Waals surface area contributed by atoms with Gasteiger partial charge in [0, 0.05) is 12.1 Å². The van der Waals surface area contributed by atoms with Crippen molar-refractivity contribution in [1.29, 1.82) is 5.26 Å². The van der Waals surface area contributed by atoms with Gasteiger partial charge in [0.15, 0.2) is 0 Å². The zero-order valence-electron chi connectivity index (χ0n) is 11.6. The summed E-state index contributed by atoms with van der Waals surface area (Å²) in [5.41, 5.74) is 1.82. The quantitative estimate of drug-likeness (QED) is 0.908. The number of carbonyl (C=O) groups is 1. The average molecular weight is 268 g/mol. The summed E-state index contributed by atoms with van der Waals surface area (Å²) < 4.78 is 0. The third kappa shape index (κ3) is 2.85. The predicted molar refractivity (Wildman–Crippen MR) is 77.9 cm³/mol. The second kappa shape index (κ2) is 5.66. The Bertz CT molecular complexity index is 529. The normalized spacial score (nSPS) is 27.2. The van der Waals surface area contributed by atoms with E-state index in [1.165, 1.54) is 25.7 Å². The monoisotopic (exact) mass is 268 g/mol. The summed E-state index contributed by atoms with van der Waals surface area (Å²) in [5, 5.41) is 11.6. The maximum Gasteiger partial charge on any atom is 0.224 e. The number of carbonyl (C=O) groups excluding carboxylic acids is 1. The number of rotatable bonds is 4. The third-order valence-electron chi connectivity index (χ3n) is 4.85. The first-order chi connectivity index (χ1) is 9.74. The highest BCUT2D eigenvalue weighted by atomic mass is 16.1. The van der Waals surface area contributed by atoms with Gasteiger partial charge < -0.3 is 5.32 Å². The summed E-state index contributed by atoms with van der Waals surface area (Å²) >= 11 is 0. The van der Waals surface area contributed by atoms with Crippen LogP contribution in [-0.2, 0) is 11.2 Å². The molecule has 1 amide bonds. The molecule has 2 aliphatic rings. The smallest absolute Gasteiger partial charge is 0.224 e. The van der Waals surface area contributed by atoms with Crippen LogP contribution >= 0.6 is 0 Å². The molecule has 0 radical (unpaired) electrons. The second-order valence-corrected chi connectivity index (χ2v) is 6.22. The molecule has 3 nitrogen and oxygen atoms in total. The van der Waals surface area contributed by atoms with Crippen LogP contribution in [0, 0.1) is 29.1 Å². The van der Waals surface area contributed by atoms with E-state index >= 15 is 0 Å². The molecule has 1 N–H and O–H groups in total. The van der Waals surface area contributed by atoms with Crippen molar-refractivity contribution < 1.29 is 4.79 Å². The zero-order chi connectivity index (χ0) is 13.9. The van der Waals surface area contributed by atoms with Gasteiger partial charge in [0.2, 0.25) is 5.91 Å². The van der Waals surface area contributed by atoms with Crippen LogP contribution < -0.4 is 5.32 Å². The molecule has 0 heterocycles. The van der Waals surface area contributed by atoms with Gasteiger partial charge in [0.25, 0.3) is 0 Å². The Labute approximate surface area is 120 Å². The lowest BCUT2D eigenvalue weighted by Gasteiger charge is -2.20. The number of fused-ring (bicyclic) bond motifs is 2. The highest BCUT2D eigenvalue weighted by molar-refractivity contribution is 5.90. The number of hydrogen-bond acceptors (Lipinski definition) is 2. The van der Waals surface area contributed by atoms with E-state index in [2.05, 4.69) is 11.4 Å². The summed E-state index contributed by atoms with van der Waals surface area (Å²) in [7, 11) is 0. The van der Waals surface area contributed by atoms with Crippen LogP contribution in [0.4, 0.5) is 5.69 Å². The summed E-state index contributed by atoms with van der Waals surface area (Å²) in [4.78, 5) is 12.1. The lowest BCUT2D eigenvalue weighted by Crippen LogP contribution is -2.20. The van der Waals surface area contributed by atoms with Crippen LogP contribution in [0.15, 0.2) is 24.3 Å². The van der Waals surface area contributed by atoms with Gasteiger partial charge in [0.1, 0.15) is 0 Å². The second-order valence-electron chi connectivity index (χ2n) is 6.22. The Morgan fingerprint density at radius 2 is 2.05 bits per heavy atom. The van der Waals surface area contributed by atoms with Crippen molar-refractivity contribution in [3.05, 3.63) is 29.8 Å². The molecular formula is C17H20N2O. The van der Waals surface area contributed by atoms with Crippen LogP contribution in [0.2, 0.25) is 0 Å². The fraction of sp³-hybridized carbons (Fsp3) is 0.529. The molecule has 2 fully saturated rings. The number of amides is 1. The number of nitriles is 1. The minimum atomic E-state index is 0.135. The Balaban J connectivity index is 1.52. The molecular weight excluding hydrogens is 248 g/mol. The van der Waals surface area contributed by atoms with Gasteiger partial charge in [-0.05, 0) is 54.7 Å². The lowest BCUT2D eigenvalue weighted by atomic mass is 9.86. The molecule has 3 atom stereocenters. The van der Waals surface area contributed by atoms with Crippen LogP contribution in [0.1, 0.15) is 37.7 Å². The average Bonchev–Trinajstić information content (AvgIpc) is 3.03. The van der Waals surface area contributed by atoms with Gasteiger partial charge in [0.05, 0.1) is 12.5 Å². The molecule has 0 saturated heterocycles. The minimum Gasteiger partial charge on any atom is -0.326 e. The first kappa shape index (κ1) is 13.2. The molecule has 2 saturated carbocycles. The van der Waals surface area contributed by atoms with Crippen LogP contribution in [0.3, 0.4) is 0 Å². The number of hydrogen-bond donors (Lipinski definition) is 1. The van der Waals surface area contributed by atoms with E-state index in [1.807, 2.05) is 24.3 Å². The standard InChI is InChI=1S/C17H20N2O/c18-8-7-12-2-5-16(6-3-12)19-17(20)11-15-10-13-1-4-14(15)9-13/h2-3,5-6,13-15H,1,4,7,9-11H2,(H,19,20)/t13-,14-,15+/m1/s1. The summed E-state index contributed by atoms with van der Waals surface area (Å²) in [6, 6.07) is 9.68. The van der Waals surface area contributed by atoms with Crippen molar-refractivity contribution in [2.24, 2.45) is 17.8 Å². The zero-order valence-corrected chi connectivity index (χ0v) is 11.6. The molecule has 0 aromatic heterocycles. The van der Waals surface area contributed by atoms with E-state index in [-0.39, 0.29) is 5.91 Å². The van der Waals surface area contributed by atoms with Gasteiger partial charge in [-0.1, -0.05) is 18.6 Å². The van der Waals surface area contributed by atoms with E-state index in [0.717, 1.165) is 23.1 Å². The van der Waals surface area contributed by atoms with E-state index in [1.54, 1.807) is 0 Å². The van der Waals surface area contributed by atoms with Gasteiger partial charge in [-0.15, -0.1) is 0 Å². The Morgan fingerprint density at radius 3 is 2.65 bits per heavy atom. The topological polar surface area (TPSA) is 52.9 Å². The molecule has 3 heteroatoms. The summed E-state index contributed by atoms with van der Waals surface area (Å²) in [6.45, 7) is 0. The molecule has 1 aromatic rings. The van der Waals surface area contributed by atoms with Crippen molar-refractivity contribution in [1.82, 2.24) is 0 Å². The Hall–Kier alpha value is -1.82. The van der Waals surface area contributed by atoms with Crippen molar-refractivity contribution >= 4 is 11.6 Å². The number of nitrogens with one attached hydrogen (secondary N) is 1. The molecule has 2 bridgehead atoms. The molecule has 0 unspecified atom stereocenters. The lowest BCUT2D eigenvalue weighted by molar-refractivity contribution is -0.117. The van der Waals surface area contributed by atoms with E-state index in [9.17, 15) is 4.79 Å². The first-order valence-corrected chi connectivity index (χ1v) is 7.50. The molecule has 20 heavy (non-hydrogen) atoms. The maximum absolute atomic E-state index is 12.1. The Morgan fingerprint density at radius 1 is 1.25 bits per heavy atom. The van der Waals surface area contributed by atoms with Gasteiger partial charge in [-0.3, -0.25) is 4.79 Å². The number of anilines is 1. The molecule has 2 aliphatic carbocycles. The predicted octanol–water partition coefficient (Wildman–Crippen LogP) is 3.52. The third-order valence-corrected chi connectivity index (χ3v) is 4.85. The fourth-order valence-electron chi connectivity index (χ4n) is 3.87. The highest BCUT2D eigenvalue weighted by Gasteiger charge is 2.40. The van der Waals surface area contributed by atoms with Crippen molar-refractivity contribution in [3.63, 3.8) is 0 Å². The Kier molecular flexibility index (Phi) is 3.73. The van der Waals surface area contributed by atoms with Gasteiger partial charge >= 0.3 is 0 Å². The van der Waals surface area contributed by atoms with Crippen LogP contribution in [0.25, 0.3) is 0 Å². The molecule has 0 aliphatic heterocycles. The fourth-order valence-corrected chi connectivity index (χ4v) is 3.87. The minimum absolute atomic E-state index is 0.135. The molecule has 1 aromatic carbocycles. The largest absolute Gasteiger partial charge is 0.326 e.